The van der Waals surface area contributed by atoms with E-state index in [0.29, 0.717) is 12.1 Å². The first-order valence-electron chi connectivity index (χ1n) is 6.12. The molecular formula is C13H19N3O3. The largest absolute Gasteiger partial charge is 0.330 e. The Morgan fingerprint density at radius 3 is 2.37 bits per heavy atom. The van der Waals surface area contributed by atoms with Gasteiger partial charge in [0.25, 0.3) is 5.56 Å². The first-order valence-corrected chi connectivity index (χ1v) is 6.12. The van der Waals surface area contributed by atoms with E-state index in [1.807, 2.05) is 13.0 Å². The Morgan fingerprint density at radius 1 is 1.21 bits per heavy atom. The number of rotatable bonds is 5. The van der Waals surface area contributed by atoms with Crippen molar-refractivity contribution in [3.8, 4) is 0 Å². The summed E-state index contributed by atoms with van der Waals surface area (Å²) in [4.78, 5) is 36.2. The minimum absolute atomic E-state index is 0.201. The van der Waals surface area contributed by atoms with Crippen LogP contribution >= 0.6 is 0 Å². The van der Waals surface area contributed by atoms with Gasteiger partial charge in [-0.3, -0.25) is 23.6 Å². The van der Waals surface area contributed by atoms with Crippen LogP contribution in [0.1, 0.15) is 25.5 Å². The summed E-state index contributed by atoms with van der Waals surface area (Å²) in [7, 11) is 2.96. The second-order valence-corrected chi connectivity index (χ2v) is 4.33. The summed E-state index contributed by atoms with van der Waals surface area (Å²) in [5.74, 6) is 0. The topological polar surface area (TPSA) is 64.3 Å². The van der Waals surface area contributed by atoms with Crippen LogP contribution < -0.4 is 16.1 Å². The molecule has 1 rings (SSSR count). The van der Waals surface area contributed by atoms with Gasteiger partial charge < -0.3 is 0 Å². The number of hydrogen-bond acceptors (Lipinski definition) is 3. The van der Waals surface area contributed by atoms with Crippen LogP contribution in [0.5, 0.6) is 0 Å². The van der Waals surface area contributed by atoms with Crippen LogP contribution in [0.25, 0.3) is 0 Å². The Balaban J connectivity index is 3.45. The standard InChI is InChI=1S/C13H19N3O3/c1-5-6-7-8-16(9-17)11-10(2)14(3)13(19)15(4)12(11)18/h7-9H,5-6H2,1-4H3/b8-7+. The molecule has 0 N–H and O–H groups in total. The zero-order valence-corrected chi connectivity index (χ0v) is 11.7. The smallest absolute Gasteiger partial charge is 0.299 e. The summed E-state index contributed by atoms with van der Waals surface area (Å²) < 4.78 is 2.34. The van der Waals surface area contributed by atoms with Crippen LogP contribution in [0.3, 0.4) is 0 Å². The molecule has 1 heterocycles. The third kappa shape index (κ3) is 2.83. The van der Waals surface area contributed by atoms with E-state index >= 15 is 0 Å². The van der Waals surface area contributed by atoms with Gasteiger partial charge in [-0.2, -0.15) is 0 Å². The third-order valence-corrected chi connectivity index (χ3v) is 3.02. The number of nitrogens with zero attached hydrogens (tertiary/aromatic N) is 3. The predicted molar refractivity (Wildman–Crippen MR) is 74.3 cm³/mol. The van der Waals surface area contributed by atoms with E-state index in [0.717, 1.165) is 17.4 Å². The van der Waals surface area contributed by atoms with Crippen molar-refractivity contribution in [2.24, 2.45) is 14.1 Å². The van der Waals surface area contributed by atoms with Crippen molar-refractivity contribution in [1.29, 1.82) is 0 Å². The monoisotopic (exact) mass is 265 g/mol. The van der Waals surface area contributed by atoms with Gasteiger partial charge in [0.05, 0.1) is 0 Å². The molecule has 0 aliphatic carbocycles. The molecule has 0 fully saturated rings. The van der Waals surface area contributed by atoms with Gasteiger partial charge >= 0.3 is 5.69 Å². The molecule has 0 unspecified atom stereocenters. The maximum atomic E-state index is 12.1. The Labute approximate surface area is 111 Å². The van der Waals surface area contributed by atoms with E-state index in [1.165, 1.54) is 16.5 Å². The normalized spacial score (nSPS) is 10.9. The average molecular weight is 265 g/mol. The molecule has 6 nitrogen and oxygen atoms in total. The number of hydrogen-bond donors (Lipinski definition) is 0. The highest BCUT2D eigenvalue weighted by Gasteiger charge is 2.16. The Kier molecular flexibility index (Phi) is 4.86. The summed E-state index contributed by atoms with van der Waals surface area (Å²) in [6.07, 6.45) is 5.71. The molecule has 1 aromatic rings. The van der Waals surface area contributed by atoms with Crippen LogP contribution in [0, 0.1) is 6.92 Å². The zero-order chi connectivity index (χ0) is 14.6. The lowest BCUT2D eigenvalue weighted by atomic mass is 10.3. The SMILES string of the molecule is CCC/C=C/N(C=O)c1c(C)n(C)c(=O)n(C)c1=O. The molecule has 0 bridgehead atoms. The zero-order valence-electron chi connectivity index (χ0n) is 11.7. The third-order valence-electron chi connectivity index (χ3n) is 3.02. The van der Waals surface area contributed by atoms with Crippen LogP contribution in [0.2, 0.25) is 0 Å². The highest BCUT2D eigenvalue weighted by Crippen LogP contribution is 2.11. The van der Waals surface area contributed by atoms with Crippen molar-refractivity contribution >= 4 is 12.1 Å². The molecule has 104 valence electrons. The number of amides is 1. The fourth-order valence-corrected chi connectivity index (χ4v) is 1.74. The molecule has 0 saturated heterocycles. The van der Waals surface area contributed by atoms with Gasteiger partial charge in [0.15, 0.2) is 0 Å². The average Bonchev–Trinajstić information content (AvgIpc) is 2.41. The van der Waals surface area contributed by atoms with Crippen LogP contribution in [-0.2, 0) is 18.9 Å². The van der Waals surface area contributed by atoms with Gasteiger partial charge in [0, 0.05) is 26.0 Å². The van der Waals surface area contributed by atoms with Gasteiger partial charge in [-0.1, -0.05) is 19.4 Å². The maximum Gasteiger partial charge on any atom is 0.330 e. The molecule has 0 radical (unpaired) electrons. The van der Waals surface area contributed by atoms with E-state index < -0.39 is 11.2 Å². The number of carbonyl (C=O) groups is 1. The lowest BCUT2D eigenvalue weighted by molar-refractivity contribution is -0.107. The van der Waals surface area contributed by atoms with E-state index in [1.54, 1.807) is 20.2 Å². The number of unbranched alkanes of at least 4 members (excludes halogenated alkanes) is 1. The van der Waals surface area contributed by atoms with Gasteiger partial charge in [0.2, 0.25) is 6.41 Å². The summed E-state index contributed by atoms with van der Waals surface area (Å²) >= 11 is 0. The molecule has 0 spiro atoms. The number of anilines is 1. The Morgan fingerprint density at radius 2 is 1.84 bits per heavy atom. The van der Waals surface area contributed by atoms with Crippen LogP contribution in [0.15, 0.2) is 21.9 Å². The summed E-state index contributed by atoms with van der Waals surface area (Å²) in [6.45, 7) is 3.66. The summed E-state index contributed by atoms with van der Waals surface area (Å²) in [5.41, 5.74) is -0.225. The van der Waals surface area contributed by atoms with E-state index in [9.17, 15) is 14.4 Å². The quantitative estimate of drug-likeness (QED) is 0.735. The summed E-state index contributed by atoms with van der Waals surface area (Å²) in [6, 6.07) is 0. The minimum Gasteiger partial charge on any atom is -0.299 e. The Bertz CT molecular complexity index is 611. The molecule has 0 aliphatic rings. The number of aromatic nitrogens is 2. The molecule has 0 saturated carbocycles. The van der Waals surface area contributed by atoms with Gasteiger partial charge in [-0.05, 0) is 13.3 Å². The molecule has 0 atom stereocenters. The maximum absolute atomic E-state index is 12.1. The minimum atomic E-state index is -0.478. The van der Waals surface area contributed by atoms with E-state index in [2.05, 4.69) is 0 Å². The van der Waals surface area contributed by atoms with Gasteiger partial charge in [-0.15, -0.1) is 0 Å². The highest BCUT2D eigenvalue weighted by atomic mass is 16.2. The highest BCUT2D eigenvalue weighted by molar-refractivity contribution is 5.78. The predicted octanol–water partition coefficient (Wildman–Crippen LogP) is 0.669. The van der Waals surface area contributed by atoms with Crippen LogP contribution in [-0.4, -0.2) is 15.5 Å². The molecule has 1 aromatic heterocycles. The molecule has 0 aliphatic heterocycles. The van der Waals surface area contributed by atoms with Crippen molar-refractivity contribution < 1.29 is 4.79 Å². The van der Waals surface area contributed by atoms with Crippen molar-refractivity contribution in [3.63, 3.8) is 0 Å². The van der Waals surface area contributed by atoms with Crippen molar-refractivity contribution in [1.82, 2.24) is 9.13 Å². The van der Waals surface area contributed by atoms with Gasteiger partial charge in [-0.25, -0.2) is 4.79 Å². The summed E-state index contributed by atoms with van der Waals surface area (Å²) in [5, 5.41) is 0. The van der Waals surface area contributed by atoms with Crippen molar-refractivity contribution in [3.05, 3.63) is 38.8 Å². The second-order valence-electron chi connectivity index (χ2n) is 4.33. The Hall–Kier alpha value is -2.11. The van der Waals surface area contributed by atoms with Crippen molar-refractivity contribution in [2.45, 2.75) is 26.7 Å². The van der Waals surface area contributed by atoms with Crippen molar-refractivity contribution in [2.75, 3.05) is 4.90 Å². The van der Waals surface area contributed by atoms with Gasteiger partial charge in [0.1, 0.15) is 5.69 Å². The first-order chi connectivity index (χ1) is 8.95. The van der Waals surface area contributed by atoms with E-state index in [-0.39, 0.29) is 5.69 Å². The molecule has 0 aromatic carbocycles. The molecule has 19 heavy (non-hydrogen) atoms. The van der Waals surface area contributed by atoms with E-state index in [4.69, 9.17) is 0 Å². The molecule has 1 amide bonds. The lowest BCUT2D eigenvalue weighted by Crippen LogP contribution is -2.41. The fourth-order valence-electron chi connectivity index (χ4n) is 1.74. The second kappa shape index (κ2) is 6.17. The molecular weight excluding hydrogens is 246 g/mol. The molecule has 6 heteroatoms. The fraction of sp³-hybridized carbons (Fsp3) is 0.462. The number of carbonyl (C=O) groups excluding carboxylic acids is 1. The lowest BCUT2D eigenvalue weighted by Gasteiger charge is -2.17. The number of allylic oxidation sites excluding steroid dienone is 1. The first kappa shape index (κ1) is 14.9. The van der Waals surface area contributed by atoms with Crippen LogP contribution in [0.4, 0.5) is 5.69 Å².